The highest BCUT2D eigenvalue weighted by Crippen LogP contribution is 2.35. The van der Waals surface area contributed by atoms with Crippen LogP contribution in [0.15, 0.2) is 11.7 Å². The zero-order valence-electron chi connectivity index (χ0n) is 8.86. The largest absolute Gasteiger partial charge is 0.310 e. The average Bonchev–Trinajstić information content (AvgIpc) is 2.75. The minimum atomic E-state index is 0.341. The van der Waals surface area contributed by atoms with E-state index in [-0.39, 0.29) is 0 Å². The molecule has 0 saturated carbocycles. The van der Waals surface area contributed by atoms with E-state index in [4.69, 9.17) is 11.6 Å². The lowest BCUT2D eigenvalue weighted by Crippen LogP contribution is -2.01. The summed E-state index contributed by atoms with van der Waals surface area (Å²) in [7, 11) is 0. The van der Waals surface area contributed by atoms with Crippen molar-refractivity contribution in [2.45, 2.75) is 26.8 Å². The van der Waals surface area contributed by atoms with Crippen molar-refractivity contribution >= 4 is 22.9 Å². The van der Waals surface area contributed by atoms with E-state index in [1.807, 2.05) is 16.9 Å². The van der Waals surface area contributed by atoms with E-state index in [1.54, 1.807) is 17.7 Å². The maximum atomic E-state index is 6.21. The van der Waals surface area contributed by atoms with Gasteiger partial charge in [-0.3, -0.25) is 0 Å². The Morgan fingerprint density at radius 3 is 2.73 bits per heavy atom. The third-order valence-electron chi connectivity index (χ3n) is 2.23. The number of nitrogens with zero attached hydrogens (tertiary/aromatic N) is 3. The van der Waals surface area contributed by atoms with E-state index in [1.165, 1.54) is 0 Å². The van der Waals surface area contributed by atoms with E-state index < -0.39 is 0 Å². The standard InChI is InChI=1S/C10H12ClN3S/c1-6(2)14-5-12-13-10(14)9-8(11)7(3)4-15-9/h4-6H,1-3H3. The highest BCUT2D eigenvalue weighted by molar-refractivity contribution is 7.14. The lowest BCUT2D eigenvalue weighted by Gasteiger charge is -2.08. The highest BCUT2D eigenvalue weighted by Gasteiger charge is 2.15. The van der Waals surface area contributed by atoms with Gasteiger partial charge in [-0.15, -0.1) is 21.5 Å². The fourth-order valence-corrected chi connectivity index (χ4v) is 2.63. The molecule has 2 aromatic heterocycles. The second-order valence-corrected chi connectivity index (χ2v) is 4.98. The molecule has 0 atom stereocenters. The van der Waals surface area contributed by atoms with Gasteiger partial charge in [-0.05, 0) is 31.7 Å². The lowest BCUT2D eigenvalue weighted by atomic mass is 10.3. The van der Waals surface area contributed by atoms with Gasteiger partial charge in [0, 0.05) is 6.04 Å². The van der Waals surface area contributed by atoms with Crippen LogP contribution in [0, 0.1) is 6.92 Å². The molecule has 2 heterocycles. The number of halogens is 1. The van der Waals surface area contributed by atoms with Crippen molar-refractivity contribution in [1.82, 2.24) is 14.8 Å². The Bertz CT molecular complexity index is 473. The average molecular weight is 242 g/mol. The first-order valence-corrected chi connectivity index (χ1v) is 6.00. The van der Waals surface area contributed by atoms with E-state index in [2.05, 4.69) is 24.0 Å². The van der Waals surface area contributed by atoms with Crippen molar-refractivity contribution < 1.29 is 0 Å². The minimum absolute atomic E-state index is 0.341. The van der Waals surface area contributed by atoms with Crippen LogP contribution in [-0.4, -0.2) is 14.8 Å². The summed E-state index contributed by atoms with van der Waals surface area (Å²) in [5.41, 5.74) is 1.09. The van der Waals surface area contributed by atoms with Crippen molar-refractivity contribution in [2.75, 3.05) is 0 Å². The summed E-state index contributed by atoms with van der Waals surface area (Å²) in [6.45, 7) is 6.20. The summed E-state index contributed by atoms with van der Waals surface area (Å²) in [5.74, 6) is 0.855. The van der Waals surface area contributed by atoms with Crippen molar-refractivity contribution in [2.24, 2.45) is 0 Å². The molecule has 3 nitrogen and oxygen atoms in total. The van der Waals surface area contributed by atoms with Gasteiger partial charge in [0.15, 0.2) is 5.82 Å². The summed E-state index contributed by atoms with van der Waals surface area (Å²) in [6.07, 6.45) is 1.74. The summed E-state index contributed by atoms with van der Waals surface area (Å²) < 4.78 is 2.02. The first-order chi connectivity index (χ1) is 7.11. The number of aromatic nitrogens is 3. The Kier molecular flexibility index (Phi) is 2.80. The normalized spacial score (nSPS) is 11.3. The van der Waals surface area contributed by atoms with Gasteiger partial charge in [0.1, 0.15) is 6.33 Å². The van der Waals surface area contributed by atoms with Crippen LogP contribution >= 0.6 is 22.9 Å². The van der Waals surface area contributed by atoms with Crippen LogP contribution in [0.3, 0.4) is 0 Å². The summed E-state index contributed by atoms with van der Waals surface area (Å²) in [4.78, 5) is 1.00. The third-order valence-corrected chi connectivity index (χ3v) is 3.92. The van der Waals surface area contributed by atoms with Gasteiger partial charge in [-0.25, -0.2) is 0 Å². The summed E-state index contributed by atoms with van der Waals surface area (Å²) in [6, 6.07) is 0.341. The SMILES string of the molecule is Cc1csc(-c2nncn2C(C)C)c1Cl. The second kappa shape index (κ2) is 3.94. The molecular weight excluding hydrogens is 230 g/mol. The lowest BCUT2D eigenvalue weighted by molar-refractivity contribution is 0.604. The molecule has 0 radical (unpaired) electrons. The molecule has 2 aromatic rings. The van der Waals surface area contributed by atoms with Crippen LogP contribution in [0.5, 0.6) is 0 Å². The van der Waals surface area contributed by atoms with Crippen molar-refractivity contribution in [3.8, 4) is 10.7 Å². The molecule has 0 aliphatic carbocycles. The molecule has 0 aliphatic rings. The molecule has 80 valence electrons. The molecular formula is C10H12ClN3S. The van der Waals surface area contributed by atoms with Crippen LogP contribution in [0.1, 0.15) is 25.5 Å². The minimum Gasteiger partial charge on any atom is -0.310 e. The van der Waals surface area contributed by atoms with Gasteiger partial charge in [-0.1, -0.05) is 11.6 Å². The smallest absolute Gasteiger partial charge is 0.175 e. The predicted octanol–water partition coefficient (Wildman–Crippen LogP) is 3.55. The molecule has 5 heteroatoms. The Morgan fingerprint density at radius 1 is 1.47 bits per heavy atom. The van der Waals surface area contributed by atoms with Gasteiger partial charge >= 0.3 is 0 Å². The fourth-order valence-electron chi connectivity index (χ4n) is 1.36. The molecule has 0 amide bonds. The van der Waals surface area contributed by atoms with Crippen LogP contribution in [0.2, 0.25) is 5.02 Å². The topological polar surface area (TPSA) is 30.7 Å². The Morgan fingerprint density at radius 2 is 2.20 bits per heavy atom. The first-order valence-electron chi connectivity index (χ1n) is 4.74. The van der Waals surface area contributed by atoms with Crippen molar-refractivity contribution in [3.63, 3.8) is 0 Å². The Balaban J connectivity index is 2.54. The molecule has 2 rings (SSSR count). The van der Waals surface area contributed by atoms with Gasteiger partial charge in [0.2, 0.25) is 0 Å². The zero-order valence-corrected chi connectivity index (χ0v) is 10.4. The first kappa shape index (κ1) is 10.6. The highest BCUT2D eigenvalue weighted by atomic mass is 35.5. The van der Waals surface area contributed by atoms with Crippen LogP contribution < -0.4 is 0 Å². The fraction of sp³-hybridized carbons (Fsp3) is 0.400. The van der Waals surface area contributed by atoms with Gasteiger partial charge < -0.3 is 4.57 Å². The third kappa shape index (κ3) is 1.79. The molecule has 0 N–H and O–H groups in total. The molecule has 0 unspecified atom stereocenters. The number of hydrogen-bond acceptors (Lipinski definition) is 3. The summed E-state index contributed by atoms with van der Waals surface area (Å²) in [5, 5.41) is 10.9. The molecule has 0 fully saturated rings. The van der Waals surface area contributed by atoms with E-state index in [9.17, 15) is 0 Å². The molecule has 0 bridgehead atoms. The van der Waals surface area contributed by atoms with Crippen LogP contribution in [0.25, 0.3) is 10.7 Å². The Hall–Kier alpha value is -0.870. The molecule has 0 spiro atoms. The maximum absolute atomic E-state index is 6.21. The Labute approximate surface area is 97.7 Å². The number of hydrogen-bond donors (Lipinski definition) is 0. The molecule has 0 saturated heterocycles. The quantitative estimate of drug-likeness (QED) is 0.805. The van der Waals surface area contributed by atoms with E-state index in [0.29, 0.717) is 6.04 Å². The maximum Gasteiger partial charge on any atom is 0.175 e. The monoisotopic (exact) mass is 241 g/mol. The second-order valence-electron chi connectivity index (χ2n) is 3.72. The molecule has 0 aromatic carbocycles. The van der Waals surface area contributed by atoms with Gasteiger partial charge in [0.05, 0.1) is 9.90 Å². The van der Waals surface area contributed by atoms with Crippen LogP contribution in [0.4, 0.5) is 0 Å². The zero-order chi connectivity index (χ0) is 11.0. The molecule has 0 aliphatic heterocycles. The van der Waals surface area contributed by atoms with E-state index in [0.717, 1.165) is 21.3 Å². The molecule has 15 heavy (non-hydrogen) atoms. The van der Waals surface area contributed by atoms with Crippen molar-refractivity contribution in [1.29, 1.82) is 0 Å². The van der Waals surface area contributed by atoms with Gasteiger partial charge in [-0.2, -0.15) is 0 Å². The number of thiophene rings is 1. The van der Waals surface area contributed by atoms with Gasteiger partial charge in [0.25, 0.3) is 0 Å². The number of aryl methyl sites for hydroxylation is 1. The van der Waals surface area contributed by atoms with Crippen molar-refractivity contribution in [3.05, 3.63) is 22.3 Å². The predicted molar refractivity (Wildman–Crippen MR) is 63.5 cm³/mol. The number of rotatable bonds is 2. The van der Waals surface area contributed by atoms with Crippen LogP contribution in [-0.2, 0) is 0 Å². The summed E-state index contributed by atoms with van der Waals surface area (Å²) >= 11 is 7.82. The van der Waals surface area contributed by atoms with E-state index >= 15 is 0 Å².